The summed E-state index contributed by atoms with van der Waals surface area (Å²) in [4.78, 5) is 0. The molecule has 138 valence electrons. The van der Waals surface area contributed by atoms with Crippen LogP contribution in [0.25, 0.3) is 0 Å². The summed E-state index contributed by atoms with van der Waals surface area (Å²) in [6.45, 7) is 3.66. The maximum absolute atomic E-state index is 5.38. The van der Waals surface area contributed by atoms with Crippen LogP contribution < -0.4 is 0 Å². The number of hydrogen-bond donors (Lipinski definition) is 0. The van der Waals surface area contributed by atoms with E-state index in [-0.39, 0.29) is 0 Å². The van der Waals surface area contributed by atoms with Crippen molar-refractivity contribution < 1.29 is 4.74 Å². The highest BCUT2D eigenvalue weighted by Gasteiger charge is 2.33. The fourth-order valence-electron chi connectivity index (χ4n) is 5.92. The van der Waals surface area contributed by atoms with Gasteiger partial charge in [0.1, 0.15) is 0 Å². The molecule has 1 aliphatic heterocycles. The Labute approximate surface area is 150 Å². The van der Waals surface area contributed by atoms with Crippen molar-refractivity contribution in [1.82, 2.24) is 0 Å². The lowest BCUT2D eigenvalue weighted by Crippen LogP contribution is -2.28. The third-order valence-electron chi connectivity index (χ3n) is 8.25. The summed E-state index contributed by atoms with van der Waals surface area (Å²) in [5.41, 5.74) is 0. The predicted molar refractivity (Wildman–Crippen MR) is 101 cm³/mol. The lowest BCUT2D eigenvalue weighted by atomic mass is 9.67. The van der Waals surface area contributed by atoms with Gasteiger partial charge in [-0.15, -0.1) is 0 Å². The van der Waals surface area contributed by atoms with Crippen LogP contribution in [-0.4, -0.2) is 12.7 Å². The first-order valence-corrected chi connectivity index (χ1v) is 11.4. The molecule has 0 N–H and O–H groups in total. The summed E-state index contributed by atoms with van der Waals surface area (Å²) in [6.07, 6.45) is 21.9. The van der Waals surface area contributed by atoms with Gasteiger partial charge in [0, 0.05) is 0 Å². The minimum Gasteiger partial charge on any atom is -0.373 e. The highest BCUT2D eigenvalue weighted by molar-refractivity contribution is 4.84. The largest absolute Gasteiger partial charge is 0.373 e. The molecule has 1 saturated heterocycles. The fourth-order valence-corrected chi connectivity index (χ4v) is 5.92. The van der Waals surface area contributed by atoms with Crippen molar-refractivity contribution in [2.75, 3.05) is 6.61 Å². The quantitative estimate of drug-likeness (QED) is 0.456. The molecular weight excluding hydrogens is 292 g/mol. The Morgan fingerprint density at radius 3 is 1.38 bits per heavy atom. The topological polar surface area (TPSA) is 12.5 Å². The van der Waals surface area contributed by atoms with Gasteiger partial charge in [-0.1, -0.05) is 58.3 Å². The molecular formula is C23H40O. The van der Waals surface area contributed by atoms with E-state index < -0.39 is 0 Å². The molecule has 0 amide bonds. The number of ether oxygens (including phenoxy) is 1. The predicted octanol–water partition coefficient (Wildman–Crippen LogP) is 6.60. The minimum atomic E-state index is 0.650. The van der Waals surface area contributed by atoms with Gasteiger partial charge in [-0.2, -0.15) is 0 Å². The van der Waals surface area contributed by atoms with Gasteiger partial charge in [-0.05, 0) is 74.0 Å². The van der Waals surface area contributed by atoms with E-state index >= 15 is 0 Å². The first kappa shape index (κ1) is 17.4. The zero-order valence-corrected chi connectivity index (χ0v) is 16.1. The van der Waals surface area contributed by atoms with Crippen LogP contribution in [-0.2, 0) is 4.74 Å². The van der Waals surface area contributed by atoms with Crippen LogP contribution in [0.3, 0.4) is 0 Å². The number of epoxide rings is 1. The van der Waals surface area contributed by atoms with Crippen molar-refractivity contribution >= 4 is 0 Å². The van der Waals surface area contributed by atoms with E-state index in [4.69, 9.17) is 4.74 Å². The van der Waals surface area contributed by atoms with E-state index in [1.807, 2.05) is 0 Å². The van der Waals surface area contributed by atoms with Gasteiger partial charge in [0.2, 0.25) is 0 Å². The van der Waals surface area contributed by atoms with E-state index in [1.54, 1.807) is 51.4 Å². The van der Waals surface area contributed by atoms with Crippen molar-refractivity contribution in [2.45, 2.75) is 103 Å². The molecule has 1 heterocycles. The zero-order chi connectivity index (χ0) is 16.4. The lowest BCUT2D eigenvalue weighted by Gasteiger charge is -2.39. The van der Waals surface area contributed by atoms with E-state index in [2.05, 4.69) is 6.92 Å². The Morgan fingerprint density at radius 1 is 0.625 bits per heavy atom. The Morgan fingerprint density at radius 2 is 1.00 bits per heavy atom. The molecule has 4 aliphatic rings. The van der Waals surface area contributed by atoms with E-state index in [1.165, 1.54) is 38.5 Å². The molecule has 1 heteroatoms. The highest BCUT2D eigenvalue weighted by Crippen LogP contribution is 2.44. The van der Waals surface area contributed by atoms with Crippen molar-refractivity contribution in [3.8, 4) is 0 Å². The second kappa shape index (κ2) is 8.11. The first-order valence-electron chi connectivity index (χ1n) is 11.4. The number of rotatable bonds is 8. The van der Waals surface area contributed by atoms with Crippen LogP contribution in [0.5, 0.6) is 0 Å². The monoisotopic (exact) mass is 332 g/mol. The molecule has 2 atom stereocenters. The second-order valence-corrected chi connectivity index (χ2v) is 9.97. The molecule has 0 radical (unpaired) electrons. The Balaban J connectivity index is 1.13. The third-order valence-corrected chi connectivity index (χ3v) is 8.25. The third kappa shape index (κ3) is 4.99. The van der Waals surface area contributed by atoms with Crippen LogP contribution in [0.2, 0.25) is 0 Å². The molecule has 0 aromatic rings. The van der Waals surface area contributed by atoms with Crippen molar-refractivity contribution in [3.63, 3.8) is 0 Å². The Hall–Kier alpha value is -0.0400. The molecule has 0 bridgehead atoms. The standard InChI is InChI=1S/C23H40O/c1-17(21-11-6-19(7-12-21)5-4-18-2-3-18)22-13-8-20(9-14-22)10-15-23-16-24-23/h17-23H,2-16H2,1H3. The van der Waals surface area contributed by atoms with Gasteiger partial charge in [-0.3, -0.25) is 0 Å². The van der Waals surface area contributed by atoms with Crippen molar-refractivity contribution in [2.24, 2.45) is 35.5 Å². The van der Waals surface area contributed by atoms with Gasteiger partial charge in [0.15, 0.2) is 0 Å². The van der Waals surface area contributed by atoms with E-state index in [0.29, 0.717) is 6.10 Å². The molecule has 0 aromatic carbocycles. The summed E-state index contributed by atoms with van der Waals surface area (Å²) in [5, 5.41) is 0. The van der Waals surface area contributed by atoms with Crippen molar-refractivity contribution in [1.29, 1.82) is 0 Å². The summed E-state index contributed by atoms with van der Waals surface area (Å²) in [7, 11) is 0. The van der Waals surface area contributed by atoms with E-state index in [0.717, 1.165) is 42.1 Å². The highest BCUT2D eigenvalue weighted by atomic mass is 16.6. The lowest BCUT2D eigenvalue weighted by molar-refractivity contribution is 0.119. The summed E-state index contributed by atoms with van der Waals surface area (Å²) >= 11 is 0. The molecule has 4 fully saturated rings. The minimum absolute atomic E-state index is 0.650. The Bertz CT molecular complexity index is 331. The normalized spacial score (nSPS) is 41.1. The fraction of sp³-hybridized carbons (Fsp3) is 1.00. The molecule has 1 nitrogen and oxygen atoms in total. The van der Waals surface area contributed by atoms with Crippen LogP contribution in [0, 0.1) is 35.5 Å². The summed E-state index contributed by atoms with van der Waals surface area (Å²) in [5.74, 6) is 6.37. The van der Waals surface area contributed by atoms with Crippen LogP contribution in [0.1, 0.15) is 96.8 Å². The molecule has 0 spiro atoms. The number of hydrogen-bond acceptors (Lipinski definition) is 1. The molecule has 0 aromatic heterocycles. The van der Waals surface area contributed by atoms with Gasteiger partial charge < -0.3 is 4.74 Å². The van der Waals surface area contributed by atoms with Gasteiger partial charge >= 0.3 is 0 Å². The average molecular weight is 333 g/mol. The molecule has 3 saturated carbocycles. The van der Waals surface area contributed by atoms with E-state index in [9.17, 15) is 0 Å². The van der Waals surface area contributed by atoms with Gasteiger partial charge in [0.05, 0.1) is 12.7 Å². The van der Waals surface area contributed by atoms with Gasteiger partial charge in [0.25, 0.3) is 0 Å². The average Bonchev–Trinajstić information content (AvgIpc) is 3.53. The Kier molecular flexibility index (Phi) is 5.87. The molecule has 24 heavy (non-hydrogen) atoms. The maximum atomic E-state index is 5.38. The van der Waals surface area contributed by atoms with Crippen LogP contribution in [0.15, 0.2) is 0 Å². The first-order chi connectivity index (χ1) is 11.8. The zero-order valence-electron chi connectivity index (χ0n) is 16.1. The van der Waals surface area contributed by atoms with Gasteiger partial charge in [-0.25, -0.2) is 0 Å². The smallest absolute Gasteiger partial charge is 0.0810 e. The van der Waals surface area contributed by atoms with Crippen LogP contribution in [0.4, 0.5) is 0 Å². The SMILES string of the molecule is CC(C1CCC(CCC2CC2)CC1)C1CCC(CCC2CO2)CC1. The summed E-state index contributed by atoms with van der Waals surface area (Å²) in [6, 6.07) is 0. The summed E-state index contributed by atoms with van der Waals surface area (Å²) < 4.78 is 5.38. The molecule has 3 aliphatic carbocycles. The maximum Gasteiger partial charge on any atom is 0.0810 e. The van der Waals surface area contributed by atoms with Crippen LogP contribution >= 0.6 is 0 Å². The second-order valence-electron chi connectivity index (χ2n) is 9.97. The molecule has 2 unspecified atom stereocenters. The molecule has 4 rings (SSSR count). The van der Waals surface area contributed by atoms with Crippen molar-refractivity contribution in [3.05, 3.63) is 0 Å².